The molecule has 1 heterocycles. The Balaban J connectivity index is 1.83. The van der Waals surface area contributed by atoms with Crippen LogP contribution in [0.2, 0.25) is 0 Å². The minimum atomic E-state index is -1.09. The van der Waals surface area contributed by atoms with E-state index in [2.05, 4.69) is 26.3 Å². The molecule has 3 rings (SSSR count). The van der Waals surface area contributed by atoms with Crippen molar-refractivity contribution < 1.29 is 33.4 Å². The highest BCUT2D eigenvalue weighted by atomic mass is 32.2. The molecule has 1 aromatic heterocycles. The second-order valence-electron chi connectivity index (χ2n) is 15.1. The predicted octanol–water partition coefficient (Wildman–Crippen LogP) is 5.05. The van der Waals surface area contributed by atoms with Crippen molar-refractivity contribution in [2.45, 2.75) is 110 Å². The zero-order chi connectivity index (χ0) is 38.6. The van der Waals surface area contributed by atoms with Crippen LogP contribution in [0.3, 0.4) is 0 Å². The van der Waals surface area contributed by atoms with E-state index in [1.165, 1.54) is 11.8 Å². The van der Waals surface area contributed by atoms with Crippen molar-refractivity contribution in [3.05, 3.63) is 71.9 Å². The van der Waals surface area contributed by atoms with Crippen molar-refractivity contribution in [1.82, 2.24) is 26.3 Å². The van der Waals surface area contributed by atoms with E-state index in [9.17, 15) is 24.0 Å². The molecule has 13 heteroatoms. The molecule has 0 radical (unpaired) electrons. The number of thioether (sulfide) groups is 1. The molecule has 4 amide bonds. The van der Waals surface area contributed by atoms with Gasteiger partial charge in [-0.2, -0.15) is 11.8 Å². The number of fused-ring (bicyclic) bond motifs is 1. The van der Waals surface area contributed by atoms with Crippen molar-refractivity contribution in [3.63, 3.8) is 0 Å². The first kappa shape index (κ1) is 41.9. The molecule has 0 fully saturated rings. The van der Waals surface area contributed by atoms with Gasteiger partial charge in [-0.25, -0.2) is 9.59 Å². The minimum absolute atomic E-state index is 0.121. The Labute approximate surface area is 311 Å². The molecule has 0 aliphatic heterocycles. The van der Waals surface area contributed by atoms with Crippen molar-refractivity contribution in [1.29, 1.82) is 0 Å². The Kier molecular flexibility index (Phi) is 15.2. The second kappa shape index (κ2) is 18.8. The van der Waals surface area contributed by atoms with Gasteiger partial charge in [0.25, 0.3) is 0 Å². The lowest BCUT2D eigenvalue weighted by Crippen LogP contribution is -2.59. The summed E-state index contributed by atoms with van der Waals surface area (Å²) >= 11 is 1.50. The molecule has 0 saturated heterocycles. The van der Waals surface area contributed by atoms with Gasteiger partial charge < -0.3 is 35.7 Å². The quantitative estimate of drug-likeness (QED) is 0.127. The molecule has 0 unspecified atom stereocenters. The van der Waals surface area contributed by atoms with Crippen LogP contribution in [-0.2, 0) is 41.5 Å². The standard InChI is InChI=1S/C39H55N5O7S/c1-24(2)32(35(47)42-31(36(48)50-38(3,4)5)21-25-15-11-10-12-16-25)44-33(45)29(19-20-52-9)41-34(46)30(43-37(49)51-39(6,7)8)22-26-23-40-28-18-14-13-17-27(26)28/h10-18,23-24,29-32,40H,19-22H2,1-9H3,(H,41,46)(H,42,47)(H,43,49)(H,44,45)/t29-,30-,31-,32-/m0/s1. The van der Waals surface area contributed by atoms with Crippen LogP contribution in [-0.4, -0.2) is 82.1 Å². The summed E-state index contributed by atoms with van der Waals surface area (Å²) in [6.07, 6.45) is 3.46. The maximum Gasteiger partial charge on any atom is 0.408 e. The summed E-state index contributed by atoms with van der Waals surface area (Å²) in [5, 5.41) is 12.0. The van der Waals surface area contributed by atoms with Crippen LogP contribution in [0.15, 0.2) is 60.8 Å². The molecule has 0 aliphatic carbocycles. The maximum absolute atomic E-state index is 13.9. The fourth-order valence-corrected chi connectivity index (χ4v) is 5.89. The van der Waals surface area contributed by atoms with Gasteiger partial charge in [-0.1, -0.05) is 62.4 Å². The number of para-hydroxylation sites is 1. The largest absolute Gasteiger partial charge is 0.458 e. The topological polar surface area (TPSA) is 168 Å². The van der Waals surface area contributed by atoms with E-state index in [0.29, 0.717) is 5.75 Å². The molecule has 0 spiro atoms. The summed E-state index contributed by atoms with van der Waals surface area (Å²) in [5.41, 5.74) is 0.911. The SMILES string of the molecule is CSCC[C@H](NC(=O)[C@H](Cc1c[nH]c2ccccc12)NC(=O)OC(C)(C)C)C(=O)N[C@H](C(=O)N[C@@H](Cc1ccccc1)C(=O)OC(C)(C)C)C(C)C. The number of nitrogens with one attached hydrogen (secondary N) is 5. The molecule has 0 aliphatic rings. The van der Waals surface area contributed by atoms with E-state index in [4.69, 9.17) is 9.47 Å². The van der Waals surface area contributed by atoms with Crippen molar-refractivity contribution >= 4 is 52.4 Å². The monoisotopic (exact) mass is 737 g/mol. The van der Waals surface area contributed by atoms with Crippen molar-refractivity contribution in [3.8, 4) is 0 Å². The smallest absolute Gasteiger partial charge is 0.408 e. The van der Waals surface area contributed by atoms with Crippen molar-refractivity contribution in [2.75, 3.05) is 12.0 Å². The number of rotatable bonds is 16. The number of hydrogen-bond donors (Lipinski definition) is 5. The number of carbonyl (C=O) groups is 5. The fraction of sp³-hybridized carbons (Fsp3) is 0.513. The maximum atomic E-state index is 13.9. The van der Waals surface area contributed by atoms with E-state index >= 15 is 0 Å². The van der Waals surface area contributed by atoms with E-state index < -0.39 is 65.2 Å². The Morgan fingerprint density at radius 3 is 1.92 bits per heavy atom. The van der Waals surface area contributed by atoms with Gasteiger partial charge in [0.2, 0.25) is 17.7 Å². The van der Waals surface area contributed by atoms with Gasteiger partial charge in [-0.3, -0.25) is 14.4 Å². The number of esters is 1. The number of benzene rings is 2. The molecule has 3 aromatic rings. The fourth-order valence-electron chi connectivity index (χ4n) is 5.42. The first-order chi connectivity index (χ1) is 24.4. The summed E-state index contributed by atoms with van der Waals surface area (Å²) in [6.45, 7) is 14.0. The molecule has 0 saturated carbocycles. The molecule has 5 N–H and O–H groups in total. The van der Waals surface area contributed by atoms with Gasteiger partial charge in [0.15, 0.2) is 0 Å². The minimum Gasteiger partial charge on any atom is -0.458 e. The Bertz CT molecular complexity index is 1660. The summed E-state index contributed by atoms with van der Waals surface area (Å²) < 4.78 is 11.1. The molecular formula is C39H55N5O7S. The number of H-pyrrole nitrogens is 1. The lowest BCUT2D eigenvalue weighted by Gasteiger charge is -2.29. The van der Waals surface area contributed by atoms with Gasteiger partial charge in [-0.05, 0) is 83.1 Å². The number of aromatic amines is 1. The average Bonchev–Trinajstić information content (AvgIpc) is 3.45. The highest BCUT2D eigenvalue weighted by Gasteiger charge is 2.34. The van der Waals surface area contributed by atoms with Crippen LogP contribution in [0.4, 0.5) is 4.79 Å². The van der Waals surface area contributed by atoms with E-state index in [1.54, 1.807) is 61.6 Å². The number of amides is 4. The highest BCUT2D eigenvalue weighted by Crippen LogP contribution is 2.20. The molecule has 12 nitrogen and oxygen atoms in total. The summed E-state index contributed by atoms with van der Waals surface area (Å²) in [4.78, 5) is 71.0. The first-order valence-corrected chi connectivity index (χ1v) is 19.0. The molecule has 52 heavy (non-hydrogen) atoms. The number of ether oxygens (including phenoxy) is 2. The highest BCUT2D eigenvalue weighted by molar-refractivity contribution is 7.98. The third-order valence-electron chi connectivity index (χ3n) is 7.89. The van der Waals surface area contributed by atoms with Gasteiger partial charge in [0, 0.05) is 29.9 Å². The summed E-state index contributed by atoms with van der Waals surface area (Å²) in [5.74, 6) is -2.16. The third-order valence-corrected chi connectivity index (χ3v) is 8.53. The van der Waals surface area contributed by atoms with E-state index in [0.717, 1.165) is 22.0 Å². The van der Waals surface area contributed by atoms with Crippen LogP contribution in [0.25, 0.3) is 10.9 Å². The van der Waals surface area contributed by atoms with E-state index in [-0.39, 0.29) is 25.2 Å². The number of alkyl carbamates (subject to hydrolysis) is 1. The van der Waals surface area contributed by atoms with Crippen LogP contribution in [0.5, 0.6) is 0 Å². The zero-order valence-electron chi connectivity index (χ0n) is 31.8. The number of aromatic nitrogens is 1. The van der Waals surface area contributed by atoms with Crippen LogP contribution in [0.1, 0.15) is 72.9 Å². The van der Waals surface area contributed by atoms with Crippen LogP contribution in [0, 0.1) is 5.92 Å². The van der Waals surface area contributed by atoms with Crippen molar-refractivity contribution in [2.24, 2.45) is 5.92 Å². The lowest BCUT2D eigenvalue weighted by molar-refractivity contribution is -0.158. The zero-order valence-corrected chi connectivity index (χ0v) is 32.6. The molecule has 284 valence electrons. The van der Waals surface area contributed by atoms with Gasteiger partial charge in [0.05, 0.1) is 0 Å². The molecule has 0 bridgehead atoms. The van der Waals surface area contributed by atoms with Gasteiger partial charge in [0.1, 0.15) is 35.4 Å². The predicted molar refractivity (Wildman–Crippen MR) is 205 cm³/mol. The van der Waals surface area contributed by atoms with Crippen LogP contribution >= 0.6 is 11.8 Å². The lowest BCUT2D eigenvalue weighted by atomic mass is 10.00. The molecule has 2 aromatic carbocycles. The Hall–Kier alpha value is -4.52. The summed E-state index contributed by atoms with van der Waals surface area (Å²) in [6, 6.07) is 12.7. The van der Waals surface area contributed by atoms with Gasteiger partial charge >= 0.3 is 12.1 Å². The van der Waals surface area contributed by atoms with E-state index in [1.807, 2.05) is 60.9 Å². The average molecular weight is 738 g/mol. The number of carbonyl (C=O) groups excluding carboxylic acids is 5. The van der Waals surface area contributed by atoms with Gasteiger partial charge in [-0.15, -0.1) is 0 Å². The Morgan fingerprint density at radius 2 is 1.31 bits per heavy atom. The van der Waals surface area contributed by atoms with Crippen LogP contribution < -0.4 is 21.3 Å². The summed E-state index contributed by atoms with van der Waals surface area (Å²) in [7, 11) is 0. The first-order valence-electron chi connectivity index (χ1n) is 17.6. The third kappa shape index (κ3) is 13.6. The second-order valence-corrected chi connectivity index (χ2v) is 16.1. The normalized spacial score (nSPS) is 14.1. The molecule has 4 atom stereocenters. The number of hydrogen-bond acceptors (Lipinski definition) is 8. The molecular weight excluding hydrogens is 683 g/mol. The Morgan fingerprint density at radius 1 is 0.712 bits per heavy atom.